The van der Waals surface area contributed by atoms with Crippen molar-refractivity contribution >= 4 is 21.2 Å². The summed E-state index contributed by atoms with van der Waals surface area (Å²) in [6, 6.07) is 7.38. The van der Waals surface area contributed by atoms with Gasteiger partial charge in [0.2, 0.25) is 0 Å². The number of hydrogen-bond donors (Lipinski definition) is 2. The van der Waals surface area contributed by atoms with E-state index in [1.807, 2.05) is 24.3 Å². The molecule has 0 atom stereocenters. The van der Waals surface area contributed by atoms with E-state index in [0.29, 0.717) is 18.7 Å². The fourth-order valence-corrected chi connectivity index (χ4v) is 1.88. The number of hydrogen-bond acceptors (Lipinski definition) is 4. The average Bonchev–Trinajstić information content (AvgIpc) is 2.11. The van der Waals surface area contributed by atoms with Crippen LogP contribution < -0.4 is 11.1 Å². The zero-order chi connectivity index (χ0) is 11.3. The highest BCUT2D eigenvalue weighted by Crippen LogP contribution is 2.11. The van der Waals surface area contributed by atoms with Crippen LogP contribution in [0.25, 0.3) is 0 Å². The molecular formula is C10H16N2O2S. The van der Waals surface area contributed by atoms with Gasteiger partial charge in [0, 0.05) is 24.2 Å². The lowest BCUT2D eigenvalue weighted by Crippen LogP contribution is -2.09. The molecule has 0 unspecified atom stereocenters. The molecule has 1 rings (SSSR count). The summed E-state index contributed by atoms with van der Waals surface area (Å²) in [4.78, 5) is 0. The molecule has 5 heteroatoms. The predicted molar refractivity (Wildman–Crippen MR) is 63.7 cm³/mol. The third-order valence-corrected chi connectivity index (χ3v) is 2.94. The standard InChI is InChI=1S/C10H16N2O2S/c1-15(13,14)7-3-6-12-10-5-2-4-9(11)8-10/h2,4-5,8,12H,3,6-7,11H2,1H3. The first-order chi connectivity index (χ1) is 6.97. The molecule has 0 aromatic heterocycles. The van der Waals surface area contributed by atoms with E-state index in [1.54, 1.807) is 0 Å². The average molecular weight is 228 g/mol. The highest BCUT2D eigenvalue weighted by molar-refractivity contribution is 7.90. The van der Waals surface area contributed by atoms with E-state index >= 15 is 0 Å². The molecule has 0 aliphatic rings. The second kappa shape index (κ2) is 5.02. The van der Waals surface area contributed by atoms with E-state index in [2.05, 4.69) is 5.32 Å². The van der Waals surface area contributed by atoms with Gasteiger partial charge in [-0.15, -0.1) is 0 Å². The maximum atomic E-state index is 10.8. The van der Waals surface area contributed by atoms with Crippen molar-refractivity contribution in [3.8, 4) is 0 Å². The van der Waals surface area contributed by atoms with Crippen LogP contribution in [0.5, 0.6) is 0 Å². The molecule has 1 aromatic carbocycles. The van der Waals surface area contributed by atoms with E-state index in [4.69, 9.17) is 5.73 Å². The first-order valence-electron chi connectivity index (χ1n) is 4.74. The van der Waals surface area contributed by atoms with Gasteiger partial charge in [-0.2, -0.15) is 0 Å². The van der Waals surface area contributed by atoms with Crippen LogP contribution in [-0.2, 0) is 9.84 Å². The van der Waals surface area contributed by atoms with E-state index in [0.717, 1.165) is 5.69 Å². The minimum absolute atomic E-state index is 0.211. The number of anilines is 2. The van der Waals surface area contributed by atoms with Crippen molar-refractivity contribution in [1.29, 1.82) is 0 Å². The van der Waals surface area contributed by atoms with Crippen LogP contribution in [-0.4, -0.2) is 27.0 Å². The number of nitrogens with one attached hydrogen (secondary N) is 1. The molecule has 0 aliphatic heterocycles. The Balaban J connectivity index is 2.32. The summed E-state index contributed by atoms with van der Waals surface area (Å²) in [6.45, 7) is 0.635. The maximum Gasteiger partial charge on any atom is 0.147 e. The molecule has 4 nitrogen and oxygen atoms in total. The van der Waals surface area contributed by atoms with Gasteiger partial charge in [0.1, 0.15) is 9.84 Å². The summed E-state index contributed by atoms with van der Waals surface area (Å²) >= 11 is 0. The second-order valence-electron chi connectivity index (χ2n) is 3.54. The SMILES string of the molecule is CS(=O)(=O)CCCNc1cccc(N)c1. The largest absolute Gasteiger partial charge is 0.399 e. The Kier molecular flexibility index (Phi) is 3.96. The Morgan fingerprint density at radius 3 is 2.73 bits per heavy atom. The van der Waals surface area contributed by atoms with Gasteiger partial charge in [0.15, 0.2) is 0 Å². The van der Waals surface area contributed by atoms with Gasteiger partial charge in [-0.3, -0.25) is 0 Å². The Morgan fingerprint density at radius 1 is 1.40 bits per heavy atom. The summed E-state index contributed by atoms with van der Waals surface area (Å²) in [7, 11) is -2.85. The molecule has 1 aromatic rings. The van der Waals surface area contributed by atoms with Gasteiger partial charge < -0.3 is 11.1 Å². The third kappa shape index (κ3) is 5.27. The molecule has 15 heavy (non-hydrogen) atoms. The van der Waals surface area contributed by atoms with Crippen molar-refractivity contribution in [2.24, 2.45) is 0 Å². The minimum atomic E-state index is -2.85. The Labute approximate surface area is 90.4 Å². The normalized spacial score (nSPS) is 11.3. The number of benzene rings is 1. The first kappa shape index (κ1) is 11.8. The Hall–Kier alpha value is -1.23. The Bertz CT molecular complexity index is 415. The topological polar surface area (TPSA) is 72.2 Å². The predicted octanol–water partition coefficient (Wildman–Crippen LogP) is 1.12. The minimum Gasteiger partial charge on any atom is -0.399 e. The van der Waals surface area contributed by atoms with E-state index in [-0.39, 0.29) is 5.75 Å². The Morgan fingerprint density at radius 2 is 2.13 bits per heavy atom. The third-order valence-electron chi connectivity index (χ3n) is 1.91. The zero-order valence-corrected chi connectivity index (χ0v) is 9.55. The monoisotopic (exact) mass is 228 g/mol. The van der Waals surface area contributed by atoms with Gasteiger partial charge in [-0.1, -0.05) is 6.07 Å². The van der Waals surface area contributed by atoms with Gasteiger partial charge in [-0.05, 0) is 24.6 Å². The van der Waals surface area contributed by atoms with Crippen LogP contribution in [0.3, 0.4) is 0 Å². The van der Waals surface area contributed by atoms with Crippen molar-refractivity contribution in [2.75, 3.05) is 29.6 Å². The summed E-state index contributed by atoms with van der Waals surface area (Å²) in [5.74, 6) is 0.211. The van der Waals surface area contributed by atoms with Crippen LogP contribution in [0.4, 0.5) is 11.4 Å². The number of nitrogens with two attached hydrogens (primary N) is 1. The molecule has 0 spiro atoms. The van der Waals surface area contributed by atoms with Crippen molar-refractivity contribution in [3.05, 3.63) is 24.3 Å². The molecular weight excluding hydrogens is 212 g/mol. The lowest BCUT2D eigenvalue weighted by atomic mass is 10.3. The summed E-state index contributed by atoms with van der Waals surface area (Å²) in [6.07, 6.45) is 1.85. The van der Waals surface area contributed by atoms with Crippen LogP contribution in [0, 0.1) is 0 Å². The first-order valence-corrected chi connectivity index (χ1v) is 6.80. The molecule has 0 radical (unpaired) electrons. The van der Waals surface area contributed by atoms with Crippen molar-refractivity contribution < 1.29 is 8.42 Å². The van der Waals surface area contributed by atoms with Crippen LogP contribution in [0.15, 0.2) is 24.3 Å². The molecule has 0 aliphatic carbocycles. The fraction of sp³-hybridized carbons (Fsp3) is 0.400. The van der Waals surface area contributed by atoms with E-state index in [9.17, 15) is 8.42 Å². The van der Waals surface area contributed by atoms with Crippen molar-refractivity contribution in [2.45, 2.75) is 6.42 Å². The van der Waals surface area contributed by atoms with Gasteiger partial charge in [0.05, 0.1) is 5.75 Å². The van der Waals surface area contributed by atoms with Gasteiger partial charge in [-0.25, -0.2) is 8.42 Å². The number of nitrogen functional groups attached to an aromatic ring is 1. The maximum absolute atomic E-state index is 10.8. The van der Waals surface area contributed by atoms with Crippen molar-refractivity contribution in [1.82, 2.24) is 0 Å². The van der Waals surface area contributed by atoms with Crippen LogP contribution in [0.1, 0.15) is 6.42 Å². The van der Waals surface area contributed by atoms with Crippen LogP contribution in [0.2, 0.25) is 0 Å². The molecule has 3 N–H and O–H groups in total. The lowest BCUT2D eigenvalue weighted by molar-refractivity contribution is 0.600. The molecule has 0 amide bonds. The lowest BCUT2D eigenvalue weighted by Gasteiger charge is -2.06. The highest BCUT2D eigenvalue weighted by Gasteiger charge is 2.00. The fourth-order valence-electron chi connectivity index (χ4n) is 1.22. The molecule has 0 fully saturated rings. The highest BCUT2D eigenvalue weighted by atomic mass is 32.2. The molecule has 84 valence electrons. The van der Waals surface area contributed by atoms with Gasteiger partial charge >= 0.3 is 0 Å². The van der Waals surface area contributed by atoms with Crippen LogP contribution >= 0.6 is 0 Å². The molecule has 0 saturated carbocycles. The summed E-state index contributed by atoms with van der Waals surface area (Å²) < 4.78 is 21.7. The summed E-state index contributed by atoms with van der Waals surface area (Å²) in [5.41, 5.74) is 7.21. The molecule has 0 saturated heterocycles. The second-order valence-corrected chi connectivity index (χ2v) is 5.80. The number of rotatable bonds is 5. The quantitative estimate of drug-likeness (QED) is 0.585. The zero-order valence-electron chi connectivity index (χ0n) is 8.73. The molecule has 0 heterocycles. The van der Waals surface area contributed by atoms with E-state index < -0.39 is 9.84 Å². The molecule has 0 bridgehead atoms. The van der Waals surface area contributed by atoms with E-state index in [1.165, 1.54) is 6.26 Å². The number of sulfone groups is 1. The van der Waals surface area contributed by atoms with Crippen molar-refractivity contribution in [3.63, 3.8) is 0 Å². The van der Waals surface area contributed by atoms with Gasteiger partial charge in [0.25, 0.3) is 0 Å². The summed E-state index contributed by atoms with van der Waals surface area (Å²) in [5, 5.41) is 3.11. The smallest absolute Gasteiger partial charge is 0.147 e.